The molecule has 4 rings (SSSR count). The number of hydrogen-bond donors (Lipinski definition) is 1. The lowest BCUT2D eigenvalue weighted by Gasteiger charge is -2.24. The third-order valence-electron chi connectivity index (χ3n) is 7.13. The molecule has 194 valence electrons. The monoisotopic (exact) mass is 495 g/mol. The van der Waals surface area contributed by atoms with Crippen LogP contribution >= 0.6 is 0 Å². The Kier molecular flexibility index (Phi) is 9.87. The Bertz CT molecular complexity index is 1190. The van der Waals surface area contributed by atoms with Crippen LogP contribution in [-0.4, -0.2) is 43.9 Å². The lowest BCUT2D eigenvalue weighted by Crippen LogP contribution is -2.72. The first-order valence-corrected chi connectivity index (χ1v) is 13.5. The minimum atomic E-state index is 0. The molecule has 0 radical (unpaired) electrons. The number of fused-ring (bicyclic) bond motifs is 1. The average molecular weight is 496 g/mol. The first kappa shape index (κ1) is 27.9. The second-order valence-electron chi connectivity index (χ2n) is 9.05. The Labute approximate surface area is 223 Å². The number of allylic oxidation sites excluding steroid dienone is 3. The number of nitrogens with one attached hydrogen (secondary N) is 1. The number of anilines is 2. The predicted octanol–water partition coefficient (Wildman–Crippen LogP) is 5.62. The van der Waals surface area contributed by atoms with Gasteiger partial charge in [-0.15, -0.1) is 0 Å². The van der Waals surface area contributed by atoms with Crippen LogP contribution in [0.15, 0.2) is 84.9 Å². The summed E-state index contributed by atoms with van der Waals surface area (Å²) < 4.78 is 0. The van der Waals surface area contributed by atoms with Gasteiger partial charge in [0.05, 0.1) is 5.56 Å². The predicted molar refractivity (Wildman–Crippen MR) is 159 cm³/mol. The van der Waals surface area contributed by atoms with E-state index >= 15 is 0 Å². The van der Waals surface area contributed by atoms with Crippen molar-refractivity contribution < 1.29 is 10.5 Å². The Morgan fingerprint density at radius 1 is 0.595 bits per heavy atom. The van der Waals surface area contributed by atoms with E-state index in [2.05, 4.69) is 134 Å². The van der Waals surface area contributed by atoms with Crippen LogP contribution in [-0.2, 0) is 0 Å². The quantitative estimate of drug-likeness (QED) is 0.419. The Balaban J connectivity index is 0.00000380. The van der Waals surface area contributed by atoms with E-state index < -0.39 is 0 Å². The third-order valence-corrected chi connectivity index (χ3v) is 7.13. The molecule has 4 nitrogen and oxygen atoms in total. The molecular weight excluding hydrogens is 454 g/mol. The van der Waals surface area contributed by atoms with Crippen LogP contribution in [0.1, 0.15) is 56.9 Å². The molecule has 0 saturated heterocycles. The third kappa shape index (κ3) is 5.86. The summed E-state index contributed by atoms with van der Waals surface area (Å²) in [7, 11) is 0. The van der Waals surface area contributed by atoms with E-state index in [1.165, 1.54) is 50.5 Å². The van der Waals surface area contributed by atoms with Gasteiger partial charge in [0.25, 0.3) is 0 Å². The molecule has 1 aliphatic carbocycles. The van der Waals surface area contributed by atoms with Gasteiger partial charge >= 0.3 is 0 Å². The summed E-state index contributed by atoms with van der Waals surface area (Å²) in [6.45, 7) is 15.9. The van der Waals surface area contributed by atoms with Crippen molar-refractivity contribution in [2.45, 2.75) is 34.6 Å². The number of rotatable bonds is 9. The van der Waals surface area contributed by atoms with Crippen molar-refractivity contribution in [2.24, 2.45) is 0 Å². The van der Waals surface area contributed by atoms with Crippen molar-refractivity contribution in [3.63, 3.8) is 0 Å². The zero-order valence-electron chi connectivity index (χ0n) is 23.0. The normalized spacial score (nSPS) is 13.2. The standard InChI is InChI=1S/C33H39N3.H2O/c1-6-34-32-24-23-31(29-13-11-12-14-30(29)32)33(25-15-19-27(20-16-25)35(7-2)8-3)26-17-21-28(22-18-26)36(9-4)10-5;/h11-24H,6-10H2,1-5H3;1H2. The highest BCUT2D eigenvalue weighted by Gasteiger charge is 2.22. The van der Waals surface area contributed by atoms with E-state index in [1.54, 1.807) is 0 Å². The lowest BCUT2D eigenvalue weighted by atomic mass is 9.83. The molecule has 0 heterocycles. The van der Waals surface area contributed by atoms with E-state index in [4.69, 9.17) is 0 Å². The van der Waals surface area contributed by atoms with Gasteiger partial charge in [-0.05, 0) is 98.9 Å². The molecule has 37 heavy (non-hydrogen) atoms. The fraction of sp³-hybridized carbons (Fsp3) is 0.303. The molecule has 0 unspecified atom stereocenters. The van der Waals surface area contributed by atoms with Crippen LogP contribution in [0, 0.1) is 0 Å². The molecule has 0 bridgehead atoms. The summed E-state index contributed by atoms with van der Waals surface area (Å²) in [5.41, 5.74) is 11.3. The van der Waals surface area contributed by atoms with Gasteiger partial charge < -0.3 is 15.3 Å². The minimum absolute atomic E-state index is 0. The molecule has 4 heteroatoms. The zero-order chi connectivity index (χ0) is 25.5. The first-order chi connectivity index (χ1) is 17.6. The van der Waals surface area contributed by atoms with Crippen LogP contribution in [0.4, 0.5) is 11.4 Å². The van der Waals surface area contributed by atoms with E-state index in [1.807, 2.05) is 0 Å². The molecule has 3 aromatic rings. The summed E-state index contributed by atoms with van der Waals surface area (Å²) in [6.07, 6.45) is 4.52. The second-order valence-corrected chi connectivity index (χ2v) is 9.05. The molecule has 1 aliphatic rings. The SMILES string of the molecule is CC[NH+]=C1C=CC(=C(c2ccc(N(CC)CC)cc2)c2ccc(N(CC)CC)cc2)c2ccccc21.[OH-]. The van der Waals surface area contributed by atoms with Crippen molar-refractivity contribution in [3.8, 4) is 0 Å². The van der Waals surface area contributed by atoms with Crippen molar-refractivity contribution in [2.75, 3.05) is 42.5 Å². The van der Waals surface area contributed by atoms with Gasteiger partial charge in [-0.2, -0.15) is 0 Å². The van der Waals surface area contributed by atoms with Crippen molar-refractivity contribution in [1.82, 2.24) is 0 Å². The minimum Gasteiger partial charge on any atom is -0.870 e. The van der Waals surface area contributed by atoms with Gasteiger partial charge in [0.1, 0.15) is 6.54 Å². The lowest BCUT2D eigenvalue weighted by molar-refractivity contribution is -0.450. The highest BCUT2D eigenvalue weighted by atomic mass is 16.0. The summed E-state index contributed by atoms with van der Waals surface area (Å²) in [5.74, 6) is 0. The largest absolute Gasteiger partial charge is 0.870 e. The fourth-order valence-electron chi connectivity index (χ4n) is 5.19. The van der Waals surface area contributed by atoms with Crippen LogP contribution < -0.4 is 14.8 Å². The van der Waals surface area contributed by atoms with Gasteiger partial charge in [-0.25, -0.2) is 4.99 Å². The van der Waals surface area contributed by atoms with E-state index in [0.29, 0.717) is 0 Å². The molecule has 0 amide bonds. The summed E-state index contributed by atoms with van der Waals surface area (Å²) in [5, 5.41) is 0. The molecule has 0 aliphatic heterocycles. The molecule has 2 N–H and O–H groups in total. The highest BCUT2D eigenvalue weighted by molar-refractivity contribution is 6.17. The van der Waals surface area contributed by atoms with Gasteiger partial charge in [-0.1, -0.05) is 42.5 Å². The Morgan fingerprint density at radius 2 is 1.05 bits per heavy atom. The maximum absolute atomic E-state index is 3.54. The summed E-state index contributed by atoms with van der Waals surface area (Å²) in [6, 6.07) is 27.0. The van der Waals surface area contributed by atoms with Crippen LogP contribution in [0.25, 0.3) is 11.1 Å². The number of benzene rings is 3. The molecule has 0 fully saturated rings. The van der Waals surface area contributed by atoms with Gasteiger partial charge in [-0.3, -0.25) is 0 Å². The Morgan fingerprint density at radius 3 is 1.49 bits per heavy atom. The van der Waals surface area contributed by atoms with Crippen molar-refractivity contribution in [1.29, 1.82) is 0 Å². The summed E-state index contributed by atoms with van der Waals surface area (Å²) >= 11 is 0. The van der Waals surface area contributed by atoms with Crippen LogP contribution in [0.3, 0.4) is 0 Å². The first-order valence-electron chi connectivity index (χ1n) is 13.5. The smallest absolute Gasteiger partial charge is 0.206 e. The fourth-order valence-corrected chi connectivity index (χ4v) is 5.19. The average Bonchev–Trinajstić information content (AvgIpc) is 2.93. The number of nitrogens with zero attached hydrogens (tertiary/aromatic N) is 2. The Hall–Kier alpha value is -3.63. The van der Waals surface area contributed by atoms with Crippen LogP contribution in [0.2, 0.25) is 0 Å². The van der Waals surface area contributed by atoms with E-state index in [-0.39, 0.29) is 5.48 Å². The van der Waals surface area contributed by atoms with Crippen molar-refractivity contribution in [3.05, 3.63) is 107 Å². The van der Waals surface area contributed by atoms with Gasteiger partial charge in [0.2, 0.25) is 5.71 Å². The molecular formula is C33H41N3O. The van der Waals surface area contributed by atoms with Crippen LogP contribution in [0.5, 0.6) is 0 Å². The number of hydrogen-bond acceptors (Lipinski definition) is 3. The van der Waals surface area contributed by atoms with Crippen molar-refractivity contribution >= 4 is 28.2 Å². The maximum atomic E-state index is 3.54. The molecule has 0 spiro atoms. The topological polar surface area (TPSA) is 50.5 Å². The molecule has 0 saturated carbocycles. The van der Waals surface area contributed by atoms with Gasteiger partial charge in [0, 0.05) is 43.6 Å². The maximum Gasteiger partial charge on any atom is 0.206 e. The van der Waals surface area contributed by atoms with E-state index in [9.17, 15) is 0 Å². The molecule has 3 aromatic carbocycles. The molecule has 0 aromatic heterocycles. The van der Waals surface area contributed by atoms with E-state index in [0.717, 1.165) is 32.7 Å². The molecule has 0 atom stereocenters. The highest BCUT2D eigenvalue weighted by Crippen LogP contribution is 2.37. The van der Waals surface area contributed by atoms with Gasteiger partial charge in [0.15, 0.2) is 0 Å². The summed E-state index contributed by atoms with van der Waals surface area (Å²) in [4.78, 5) is 8.33. The second kappa shape index (κ2) is 13.1. The zero-order valence-corrected chi connectivity index (χ0v) is 23.0.